The quantitative estimate of drug-likeness (QED) is 0.501. The fourth-order valence-corrected chi connectivity index (χ4v) is 3.79. The molecule has 1 aromatic heterocycles. The van der Waals surface area contributed by atoms with Crippen molar-refractivity contribution in [1.82, 2.24) is 14.5 Å². The number of nitrogens with zero attached hydrogens (tertiary/aromatic N) is 3. The topological polar surface area (TPSA) is 55.2 Å². The van der Waals surface area contributed by atoms with Crippen LogP contribution in [0.25, 0.3) is 10.9 Å². The van der Waals surface area contributed by atoms with Crippen molar-refractivity contribution in [3.63, 3.8) is 0 Å². The number of aromatic nitrogens is 2. The fourth-order valence-electron chi connectivity index (χ4n) is 2.89. The molecule has 1 atom stereocenters. The van der Waals surface area contributed by atoms with Crippen molar-refractivity contribution >= 4 is 28.6 Å². The van der Waals surface area contributed by atoms with Crippen LogP contribution < -0.4 is 5.56 Å². The molecular formula is C21H23N3O2S. The van der Waals surface area contributed by atoms with Gasteiger partial charge in [0, 0.05) is 14.1 Å². The van der Waals surface area contributed by atoms with Crippen LogP contribution in [0.3, 0.4) is 0 Å². The summed E-state index contributed by atoms with van der Waals surface area (Å²) in [4.78, 5) is 31.5. The first-order chi connectivity index (χ1) is 12.9. The Kier molecular flexibility index (Phi) is 5.65. The summed E-state index contributed by atoms with van der Waals surface area (Å²) < 4.78 is 1.51. The molecule has 0 spiro atoms. The molecule has 0 bridgehead atoms. The minimum Gasteiger partial charge on any atom is -0.338 e. The van der Waals surface area contributed by atoms with Crippen LogP contribution in [-0.4, -0.2) is 33.2 Å². The van der Waals surface area contributed by atoms with E-state index < -0.39 is 0 Å². The van der Waals surface area contributed by atoms with Crippen LogP contribution in [0.1, 0.15) is 24.1 Å². The molecule has 27 heavy (non-hydrogen) atoms. The molecule has 1 unspecified atom stereocenters. The molecule has 1 amide bonds. The SMILES string of the molecule is Cc1ccc2nc(SCC(=O)N(C)C(C)c3ccccc3)n(C)c(=O)c2c1. The lowest BCUT2D eigenvalue weighted by atomic mass is 10.1. The van der Waals surface area contributed by atoms with Crippen molar-refractivity contribution in [2.24, 2.45) is 7.05 Å². The summed E-state index contributed by atoms with van der Waals surface area (Å²) in [5.74, 6) is 0.223. The van der Waals surface area contributed by atoms with Crippen LogP contribution >= 0.6 is 11.8 Å². The van der Waals surface area contributed by atoms with Crippen molar-refractivity contribution in [1.29, 1.82) is 0 Å². The third kappa shape index (κ3) is 4.06. The van der Waals surface area contributed by atoms with Gasteiger partial charge in [-0.2, -0.15) is 0 Å². The Hall–Kier alpha value is -2.60. The Morgan fingerprint density at radius 2 is 1.93 bits per heavy atom. The zero-order valence-corrected chi connectivity index (χ0v) is 16.8. The highest BCUT2D eigenvalue weighted by Crippen LogP contribution is 2.22. The summed E-state index contributed by atoms with van der Waals surface area (Å²) in [6, 6.07) is 15.5. The Morgan fingerprint density at radius 1 is 1.22 bits per heavy atom. The summed E-state index contributed by atoms with van der Waals surface area (Å²) in [5.41, 5.74) is 2.67. The lowest BCUT2D eigenvalue weighted by Crippen LogP contribution is -2.31. The van der Waals surface area contributed by atoms with Gasteiger partial charge in [0.2, 0.25) is 5.91 Å². The van der Waals surface area contributed by atoms with Crippen molar-refractivity contribution in [3.05, 3.63) is 70.0 Å². The fraction of sp³-hybridized carbons (Fsp3) is 0.286. The summed E-state index contributed by atoms with van der Waals surface area (Å²) in [6.07, 6.45) is 0. The number of benzene rings is 2. The van der Waals surface area contributed by atoms with E-state index in [1.54, 1.807) is 19.0 Å². The highest BCUT2D eigenvalue weighted by Gasteiger charge is 2.18. The molecule has 6 heteroatoms. The lowest BCUT2D eigenvalue weighted by Gasteiger charge is -2.25. The number of carbonyl (C=O) groups is 1. The minimum absolute atomic E-state index is 0.00500. The van der Waals surface area contributed by atoms with Crippen LogP contribution in [0.15, 0.2) is 58.5 Å². The molecule has 3 rings (SSSR count). The van der Waals surface area contributed by atoms with Crippen molar-refractivity contribution in [3.8, 4) is 0 Å². The zero-order valence-electron chi connectivity index (χ0n) is 16.0. The number of rotatable bonds is 5. The molecule has 0 aliphatic heterocycles. The van der Waals surface area contributed by atoms with Gasteiger partial charge in [-0.05, 0) is 31.5 Å². The number of aryl methyl sites for hydroxylation is 1. The maximum atomic E-state index is 12.6. The molecule has 0 fully saturated rings. The molecule has 5 nitrogen and oxygen atoms in total. The standard InChI is InChI=1S/C21H23N3O2S/c1-14-10-11-18-17(12-14)20(26)24(4)21(22-18)27-13-19(25)23(3)15(2)16-8-6-5-7-9-16/h5-12,15H,13H2,1-4H3. The smallest absolute Gasteiger partial charge is 0.261 e. The average molecular weight is 382 g/mol. The van der Waals surface area contributed by atoms with Crippen LogP contribution in [-0.2, 0) is 11.8 Å². The van der Waals surface area contributed by atoms with Crippen molar-refractivity contribution in [2.45, 2.75) is 25.0 Å². The molecule has 3 aromatic rings. The van der Waals surface area contributed by atoms with Crippen molar-refractivity contribution in [2.75, 3.05) is 12.8 Å². The first kappa shape index (κ1) is 19.2. The second-order valence-electron chi connectivity index (χ2n) is 6.66. The van der Waals surface area contributed by atoms with E-state index in [2.05, 4.69) is 4.98 Å². The Bertz CT molecular complexity index is 1030. The first-order valence-corrected chi connectivity index (χ1v) is 9.78. The van der Waals surface area contributed by atoms with E-state index in [4.69, 9.17) is 0 Å². The van der Waals surface area contributed by atoms with Crippen molar-refractivity contribution < 1.29 is 4.79 Å². The molecule has 1 heterocycles. The van der Waals surface area contributed by atoms with E-state index in [-0.39, 0.29) is 23.3 Å². The van der Waals surface area contributed by atoms with Gasteiger partial charge in [0.05, 0.1) is 22.7 Å². The van der Waals surface area contributed by atoms with Gasteiger partial charge in [0.15, 0.2) is 5.16 Å². The highest BCUT2D eigenvalue weighted by atomic mass is 32.2. The van der Waals surface area contributed by atoms with Gasteiger partial charge in [-0.15, -0.1) is 0 Å². The summed E-state index contributed by atoms with van der Waals surface area (Å²) in [6.45, 7) is 3.95. The molecule has 0 aliphatic rings. The van der Waals surface area contributed by atoms with Gasteiger partial charge >= 0.3 is 0 Å². The molecule has 0 radical (unpaired) electrons. The second-order valence-corrected chi connectivity index (χ2v) is 7.60. The summed E-state index contributed by atoms with van der Waals surface area (Å²) >= 11 is 1.29. The second kappa shape index (κ2) is 7.96. The average Bonchev–Trinajstić information content (AvgIpc) is 2.69. The Balaban J connectivity index is 1.76. The number of amides is 1. The van der Waals surface area contributed by atoms with E-state index >= 15 is 0 Å². The number of hydrogen-bond acceptors (Lipinski definition) is 4. The van der Waals surface area contributed by atoms with E-state index in [9.17, 15) is 9.59 Å². The molecule has 0 saturated heterocycles. The van der Waals surface area contributed by atoms with E-state index in [0.29, 0.717) is 16.1 Å². The zero-order chi connectivity index (χ0) is 19.6. The number of fused-ring (bicyclic) bond motifs is 1. The Labute approximate surface area is 163 Å². The van der Waals surface area contributed by atoms with Gasteiger partial charge in [0.25, 0.3) is 5.56 Å². The molecule has 0 saturated carbocycles. The third-order valence-corrected chi connectivity index (χ3v) is 5.79. The predicted molar refractivity (Wildman–Crippen MR) is 110 cm³/mol. The highest BCUT2D eigenvalue weighted by molar-refractivity contribution is 7.99. The lowest BCUT2D eigenvalue weighted by molar-refractivity contribution is -0.128. The third-order valence-electron chi connectivity index (χ3n) is 4.77. The molecule has 140 valence electrons. The van der Waals surface area contributed by atoms with Gasteiger partial charge in [0.1, 0.15) is 0 Å². The van der Waals surface area contributed by atoms with Crippen LogP contribution in [0.5, 0.6) is 0 Å². The van der Waals surface area contributed by atoms with Crippen LogP contribution in [0.2, 0.25) is 0 Å². The number of carbonyl (C=O) groups excluding carboxylic acids is 1. The number of thioether (sulfide) groups is 1. The first-order valence-electron chi connectivity index (χ1n) is 8.79. The van der Waals surface area contributed by atoms with E-state index in [1.165, 1.54) is 16.3 Å². The van der Waals surface area contributed by atoms with Gasteiger partial charge in [-0.25, -0.2) is 4.98 Å². The molecule has 0 N–H and O–H groups in total. The Morgan fingerprint density at radius 3 is 2.63 bits per heavy atom. The van der Waals surface area contributed by atoms with Gasteiger partial charge in [-0.1, -0.05) is 53.7 Å². The normalized spacial score (nSPS) is 12.1. The summed E-state index contributed by atoms with van der Waals surface area (Å²) in [5, 5.41) is 1.15. The van der Waals surface area contributed by atoms with Gasteiger partial charge < -0.3 is 4.90 Å². The number of hydrogen-bond donors (Lipinski definition) is 0. The molecule has 2 aromatic carbocycles. The molecule has 0 aliphatic carbocycles. The molecular weight excluding hydrogens is 358 g/mol. The van der Waals surface area contributed by atoms with Crippen LogP contribution in [0, 0.1) is 6.92 Å². The largest absolute Gasteiger partial charge is 0.338 e. The van der Waals surface area contributed by atoms with Crippen LogP contribution in [0.4, 0.5) is 0 Å². The van der Waals surface area contributed by atoms with Gasteiger partial charge in [-0.3, -0.25) is 14.2 Å². The van der Waals surface area contributed by atoms with E-state index in [0.717, 1.165) is 11.1 Å². The maximum absolute atomic E-state index is 12.6. The summed E-state index contributed by atoms with van der Waals surface area (Å²) in [7, 11) is 3.50. The minimum atomic E-state index is -0.0929. The predicted octanol–water partition coefficient (Wildman–Crippen LogP) is 3.55. The van der Waals surface area contributed by atoms with E-state index in [1.807, 2.05) is 62.4 Å². The maximum Gasteiger partial charge on any atom is 0.261 e. The monoisotopic (exact) mass is 381 g/mol.